The van der Waals surface area contributed by atoms with Crippen LogP contribution in [0.3, 0.4) is 0 Å². The third kappa shape index (κ3) is 4.93. The van der Waals surface area contributed by atoms with E-state index in [1.54, 1.807) is 25.3 Å². The van der Waals surface area contributed by atoms with E-state index in [4.69, 9.17) is 10.4 Å². The van der Waals surface area contributed by atoms with Crippen molar-refractivity contribution in [1.82, 2.24) is 15.0 Å². The quantitative estimate of drug-likeness (QED) is 0.639. The van der Waals surface area contributed by atoms with Gasteiger partial charge in [0.2, 0.25) is 10.0 Å². The van der Waals surface area contributed by atoms with Crippen LogP contribution in [0, 0.1) is 11.3 Å². The van der Waals surface area contributed by atoms with Gasteiger partial charge in [-0.05, 0) is 37.8 Å². The van der Waals surface area contributed by atoms with Crippen molar-refractivity contribution in [1.29, 1.82) is 5.26 Å². The number of aromatic nitrogens is 1. The lowest BCUT2D eigenvalue weighted by molar-refractivity contribution is 0.185. The molecule has 0 atom stereocenters. The second-order valence-electron chi connectivity index (χ2n) is 6.88. The Bertz CT molecular complexity index is 1030. The van der Waals surface area contributed by atoms with Crippen molar-refractivity contribution < 1.29 is 18.3 Å². The summed E-state index contributed by atoms with van der Waals surface area (Å²) in [6.07, 6.45) is 3.83. The van der Waals surface area contributed by atoms with Gasteiger partial charge < -0.3 is 10.4 Å². The first-order chi connectivity index (χ1) is 13.8. The molecule has 154 valence electrons. The van der Waals surface area contributed by atoms with E-state index in [0.29, 0.717) is 5.56 Å². The van der Waals surface area contributed by atoms with Crippen LogP contribution < -0.4 is 10.0 Å². The maximum absolute atomic E-state index is 12.6. The highest BCUT2D eigenvalue weighted by Gasteiger charge is 2.26. The Kier molecular flexibility index (Phi) is 6.52. The summed E-state index contributed by atoms with van der Waals surface area (Å²) < 4.78 is 27.8. The summed E-state index contributed by atoms with van der Waals surface area (Å²) in [5.74, 6) is 0.229. The summed E-state index contributed by atoms with van der Waals surface area (Å²) in [4.78, 5) is 16.1. The van der Waals surface area contributed by atoms with E-state index in [-0.39, 0.29) is 29.0 Å². The number of amides is 1. The maximum atomic E-state index is 12.6. The van der Waals surface area contributed by atoms with Crippen molar-refractivity contribution in [2.24, 2.45) is 0 Å². The highest BCUT2D eigenvalue weighted by Crippen LogP contribution is 2.39. The van der Waals surface area contributed by atoms with E-state index >= 15 is 0 Å². The summed E-state index contributed by atoms with van der Waals surface area (Å²) in [6.45, 7) is 1.95. The van der Waals surface area contributed by atoms with Crippen molar-refractivity contribution in [2.75, 3.05) is 6.54 Å². The van der Waals surface area contributed by atoms with Crippen LogP contribution in [0.15, 0.2) is 29.3 Å². The Morgan fingerprint density at radius 1 is 1.34 bits per heavy atom. The fourth-order valence-corrected chi connectivity index (χ4v) is 6.02. The molecule has 29 heavy (non-hydrogen) atoms. The number of nitrogens with zero attached hydrogens (tertiary/aromatic N) is 2. The van der Waals surface area contributed by atoms with E-state index in [1.807, 2.05) is 6.07 Å². The second-order valence-corrected chi connectivity index (χ2v) is 9.68. The predicted molar refractivity (Wildman–Crippen MR) is 109 cm³/mol. The minimum absolute atomic E-state index is 0.0291. The molecule has 0 bridgehead atoms. The molecular weight excluding hydrogens is 412 g/mol. The van der Waals surface area contributed by atoms with Crippen LogP contribution in [-0.2, 0) is 10.0 Å². The van der Waals surface area contributed by atoms with Gasteiger partial charge in [0, 0.05) is 30.3 Å². The van der Waals surface area contributed by atoms with Crippen LogP contribution in [0.25, 0.3) is 10.4 Å². The SMILES string of the molecule is CCNS(=O)(=O)c1cc(C#N)ccc1-c1cnc([C@H]2CC[C@H](NC(=O)O)CC2)s1. The topological polar surface area (TPSA) is 132 Å². The molecule has 0 spiro atoms. The number of hydrogen-bond acceptors (Lipinski definition) is 6. The minimum Gasteiger partial charge on any atom is -0.465 e. The summed E-state index contributed by atoms with van der Waals surface area (Å²) in [7, 11) is -3.74. The van der Waals surface area contributed by atoms with Gasteiger partial charge in [-0.1, -0.05) is 13.0 Å². The second kappa shape index (κ2) is 8.90. The molecule has 1 aliphatic rings. The molecule has 1 heterocycles. The third-order valence-electron chi connectivity index (χ3n) is 4.93. The third-order valence-corrected chi connectivity index (χ3v) is 7.71. The minimum atomic E-state index is -3.74. The van der Waals surface area contributed by atoms with Crippen LogP contribution in [0.2, 0.25) is 0 Å². The number of carbonyl (C=O) groups is 1. The normalized spacial score (nSPS) is 19.4. The fraction of sp³-hybridized carbons (Fsp3) is 0.421. The number of carboxylic acid groups (broad SMARTS) is 1. The molecule has 10 heteroatoms. The zero-order valence-corrected chi connectivity index (χ0v) is 17.5. The first-order valence-corrected chi connectivity index (χ1v) is 11.6. The van der Waals surface area contributed by atoms with Gasteiger partial charge in [-0.15, -0.1) is 11.3 Å². The molecule has 1 amide bonds. The maximum Gasteiger partial charge on any atom is 0.404 e. The zero-order valence-electron chi connectivity index (χ0n) is 15.9. The standard InChI is InChI=1S/C19H22N4O4S2/c1-2-22-29(26,27)17-9-12(10-20)3-8-15(17)16-11-21-18(28-16)13-4-6-14(7-5-13)23-19(24)25/h3,8-9,11,13-14,22-23H,2,4-7H2,1H3,(H,24,25)/t13-,14-. The van der Waals surface area contributed by atoms with Crippen LogP contribution in [0.5, 0.6) is 0 Å². The predicted octanol–water partition coefficient (Wildman–Crippen LogP) is 3.27. The Labute approximate surface area is 173 Å². The molecule has 1 aliphatic carbocycles. The average molecular weight is 435 g/mol. The van der Waals surface area contributed by atoms with Gasteiger partial charge in [-0.3, -0.25) is 0 Å². The molecule has 1 fully saturated rings. The Balaban J connectivity index is 1.86. The number of thiazole rings is 1. The Morgan fingerprint density at radius 2 is 2.07 bits per heavy atom. The molecule has 1 aromatic heterocycles. The molecule has 2 aromatic rings. The van der Waals surface area contributed by atoms with Gasteiger partial charge in [-0.25, -0.2) is 22.9 Å². The number of benzene rings is 1. The summed E-state index contributed by atoms with van der Waals surface area (Å²) in [5.41, 5.74) is 0.800. The summed E-state index contributed by atoms with van der Waals surface area (Å²) in [6, 6.07) is 6.58. The lowest BCUT2D eigenvalue weighted by Gasteiger charge is -2.27. The Hall–Kier alpha value is -2.48. The number of rotatable bonds is 6. The van der Waals surface area contributed by atoms with E-state index in [0.717, 1.165) is 35.6 Å². The van der Waals surface area contributed by atoms with Crippen LogP contribution in [0.4, 0.5) is 4.79 Å². The van der Waals surface area contributed by atoms with Crippen LogP contribution in [0.1, 0.15) is 49.1 Å². The molecule has 0 aliphatic heterocycles. The van der Waals surface area contributed by atoms with Gasteiger partial charge in [0.25, 0.3) is 0 Å². The summed E-state index contributed by atoms with van der Waals surface area (Å²) >= 11 is 1.45. The first-order valence-electron chi connectivity index (χ1n) is 9.33. The monoisotopic (exact) mass is 434 g/mol. The highest BCUT2D eigenvalue weighted by molar-refractivity contribution is 7.89. The van der Waals surface area contributed by atoms with E-state index in [2.05, 4.69) is 15.0 Å². The number of nitrogens with one attached hydrogen (secondary N) is 2. The lowest BCUT2D eigenvalue weighted by Crippen LogP contribution is -2.36. The molecule has 8 nitrogen and oxygen atoms in total. The summed E-state index contributed by atoms with van der Waals surface area (Å²) in [5, 5.41) is 21.5. The largest absolute Gasteiger partial charge is 0.465 e. The molecule has 0 radical (unpaired) electrons. The zero-order chi connectivity index (χ0) is 21.0. The van der Waals surface area contributed by atoms with Crippen molar-refractivity contribution in [2.45, 2.75) is 49.5 Å². The molecular formula is C19H22N4O4S2. The average Bonchev–Trinajstić information content (AvgIpc) is 3.17. The van der Waals surface area contributed by atoms with Crippen molar-refractivity contribution in [3.05, 3.63) is 35.0 Å². The van der Waals surface area contributed by atoms with Crippen LogP contribution >= 0.6 is 11.3 Å². The van der Waals surface area contributed by atoms with E-state index in [1.165, 1.54) is 17.4 Å². The van der Waals surface area contributed by atoms with Crippen molar-refractivity contribution in [3.8, 4) is 16.5 Å². The molecule has 1 aromatic carbocycles. The van der Waals surface area contributed by atoms with Crippen molar-refractivity contribution in [3.63, 3.8) is 0 Å². The smallest absolute Gasteiger partial charge is 0.404 e. The Morgan fingerprint density at radius 3 is 2.69 bits per heavy atom. The number of hydrogen-bond donors (Lipinski definition) is 3. The molecule has 0 saturated heterocycles. The van der Waals surface area contributed by atoms with Gasteiger partial charge in [0.05, 0.1) is 26.4 Å². The molecule has 0 unspecified atom stereocenters. The van der Waals surface area contributed by atoms with Gasteiger partial charge in [0.15, 0.2) is 0 Å². The van der Waals surface area contributed by atoms with Crippen LogP contribution in [-0.4, -0.2) is 37.2 Å². The van der Waals surface area contributed by atoms with Gasteiger partial charge >= 0.3 is 6.09 Å². The molecule has 3 rings (SSSR count). The molecule has 3 N–H and O–H groups in total. The van der Waals surface area contributed by atoms with Gasteiger partial charge in [0.1, 0.15) is 0 Å². The van der Waals surface area contributed by atoms with Gasteiger partial charge in [-0.2, -0.15) is 5.26 Å². The highest BCUT2D eigenvalue weighted by atomic mass is 32.2. The number of nitriles is 1. The van der Waals surface area contributed by atoms with E-state index in [9.17, 15) is 13.2 Å². The first kappa shape index (κ1) is 21.2. The molecule has 1 saturated carbocycles. The number of sulfonamides is 1. The van der Waals surface area contributed by atoms with E-state index < -0.39 is 16.1 Å². The van der Waals surface area contributed by atoms with Crippen molar-refractivity contribution >= 4 is 27.5 Å². The lowest BCUT2D eigenvalue weighted by atomic mass is 9.86. The fourth-order valence-electron chi connectivity index (χ4n) is 3.55.